The van der Waals surface area contributed by atoms with Gasteiger partial charge in [0, 0.05) is 0 Å². The average molecular weight is 213 g/mol. The molecule has 1 fully saturated rings. The van der Waals surface area contributed by atoms with Gasteiger partial charge in [0.05, 0.1) is 6.61 Å². The van der Waals surface area contributed by atoms with Crippen LogP contribution in [0.1, 0.15) is 46.0 Å². The number of hydrogen-bond acceptors (Lipinski definition) is 3. The number of hydrogen-bond donors (Lipinski definition) is 1. The SMILES string of the molecule is CC[C@H](C)[C@H](N)C(=O)OCCC1CCC1. The van der Waals surface area contributed by atoms with E-state index in [1.807, 2.05) is 13.8 Å². The van der Waals surface area contributed by atoms with E-state index in [-0.39, 0.29) is 11.9 Å². The highest BCUT2D eigenvalue weighted by Gasteiger charge is 2.22. The number of esters is 1. The second-order valence-electron chi connectivity index (χ2n) is 4.66. The van der Waals surface area contributed by atoms with Crippen molar-refractivity contribution in [1.82, 2.24) is 0 Å². The lowest BCUT2D eigenvalue weighted by molar-refractivity contribution is -0.147. The van der Waals surface area contributed by atoms with Crippen LogP contribution in [0, 0.1) is 11.8 Å². The molecule has 0 aromatic rings. The topological polar surface area (TPSA) is 52.3 Å². The Morgan fingerprint density at radius 2 is 2.20 bits per heavy atom. The van der Waals surface area contributed by atoms with Gasteiger partial charge in [-0.3, -0.25) is 4.79 Å². The maximum absolute atomic E-state index is 11.5. The fraction of sp³-hybridized carbons (Fsp3) is 0.917. The molecular weight excluding hydrogens is 190 g/mol. The summed E-state index contributed by atoms with van der Waals surface area (Å²) in [6.07, 6.45) is 5.87. The molecule has 0 aromatic heterocycles. The second kappa shape index (κ2) is 6.11. The van der Waals surface area contributed by atoms with Crippen molar-refractivity contribution < 1.29 is 9.53 Å². The van der Waals surface area contributed by atoms with Crippen LogP contribution in [0.2, 0.25) is 0 Å². The van der Waals surface area contributed by atoms with E-state index in [1.165, 1.54) is 19.3 Å². The van der Waals surface area contributed by atoms with Crippen LogP contribution in [-0.4, -0.2) is 18.6 Å². The predicted octanol–water partition coefficient (Wildman–Crippen LogP) is 2.09. The van der Waals surface area contributed by atoms with E-state index in [9.17, 15) is 4.79 Å². The molecule has 2 atom stereocenters. The van der Waals surface area contributed by atoms with Crippen molar-refractivity contribution in [3.8, 4) is 0 Å². The monoisotopic (exact) mass is 213 g/mol. The molecule has 0 unspecified atom stereocenters. The number of carbonyl (C=O) groups is 1. The Balaban J connectivity index is 2.11. The fourth-order valence-corrected chi connectivity index (χ4v) is 1.69. The standard InChI is InChI=1S/C12H23NO2/c1-3-9(2)11(13)12(14)15-8-7-10-5-4-6-10/h9-11H,3-8,13H2,1-2H3/t9-,11-/m0/s1. The van der Waals surface area contributed by atoms with E-state index in [1.54, 1.807) is 0 Å². The summed E-state index contributed by atoms with van der Waals surface area (Å²) in [5.41, 5.74) is 5.76. The lowest BCUT2D eigenvalue weighted by Gasteiger charge is -2.25. The number of ether oxygens (including phenoxy) is 1. The van der Waals surface area contributed by atoms with Crippen LogP contribution in [-0.2, 0) is 9.53 Å². The number of nitrogens with two attached hydrogens (primary N) is 1. The third-order valence-electron chi connectivity index (χ3n) is 3.52. The van der Waals surface area contributed by atoms with Gasteiger partial charge in [0.2, 0.25) is 0 Å². The molecule has 0 heterocycles. The fourth-order valence-electron chi connectivity index (χ4n) is 1.69. The van der Waals surface area contributed by atoms with Gasteiger partial charge in [0.25, 0.3) is 0 Å². The smallest absolute Gasteiger partial charge is 0.323 e. The zero-order chi connectivity index (χ0) is 11.3. The van der Waals surface area contributed by atoms with Gasteiger partial charge >= 0.3 is 5.97 Å². The lowest BCUT2D eigenvalue weighted by Crippen LogP contribution is -2.38. The molecule has 0 aliphatic heterocycles. The van der Waals surface area contributed by atoms with E-state index in [0.29, 0.717) is 6.61 Å². The zero-order valence-electron chi connectivity index (χ0n) is 9.87. The summed E-state index contributed by atoms with van der Waals surface area (Å²) in [5, 5.41) is 0. The molecule has 3 heteroatoms. The number of rotatable bonds is 6. The molecule has 0 bridgehead atoms. The molecule has 1 rings (SSSR count). The van der Waals surface area contributed by atoms with E-state index < -0.39 is 6.04 Å². The van der Waals surface area contributed by atoms with Crippen molar-refractivity contribution in [2.45, 2.75) is 52.0 Å². The van der Waals surface area contributed by atoms with Crippen LogP contribution >= 0.6 is 0 Å². The van der Waals surface area contributed by atoms with Crippen molar-refractivity contribution in [1.29, 1.82) is 0 Å². The maximum atomic E-state index is 11.5. The van der Waals surface area contributed by atoms with Crippen molar-refractivity contribution in [3.63, 3.8) is 0 Å². The Kier molecular flexibility index (Phi) is 5.09. The summed E-state index contributed by atoms with van der Waals surface area (Å²) < 4.78 is 5.17. The first-order valence-electron chi connectivity index (χ1n) is 6.07. The van der Waals surface area contributed by atoms with Crippen LogP contribution in [0.25, 0.3) is 0 Å². The molecule has 3 nitrogen and oxygen atoms in total. The molecular formula is C12H23NO2. The van der Waals surface area contributed by atoms with E-state index in [2.05, 4.69) is 0 Å². The molecule has 0 radical (unpaired) electrons. The van der Waals surface area contributed by atoms with Gasteiger partial charge in [0.1, 0.15) is 6.04 Å². The summed E-state index contributed by atoms with van der Waals surface area (Å²) in [6, 6.07) is -0.448. The summed E-state index contributed by atoms with van der Waals surface area (Å²) >= 11 is 0. The molecule has 1 aliphatic rings. The minimum atomic E-state index is -0.448. The Bertz CT molecular complexity index is 202. The predicted molar refractivity (Wildman–Crippen MR) is 60.3 cm³/mol. The minimum absolute atomic E-state index is 0.209. The normalized spacial score (nSPS) is 20.5. The van der Waals surface area contributed by atoms with Crippen LogP contribution in [0.5, 0.6) is 0 Å². The summed E-state index contributed by atoms with van der Waals surface area (Å²) in [4.78, 5) is 11.5. The van der Waals surface area contributed by atoms with Gasteiger partial charge < -0.3 is 10.5 Å². The first-order valence-corrected chi connectivity index (χ1v) is 6.07. The van der Waals surface area contributed by atoms with E-state index in [4.69, 9.17) is 10.5 Å². The highest BCUT2D eigenvalue weighted by atomic mass is 16.5. The van der Waals surface area contributed by atoms with Crippen molar-refractivity contribution in [3.05, 3.63) is 0 Å². The molecule has 15 heavy (non-hydrogen) atoms. The molecule has 0 spiro atoms. The van der Waals surface area contributed by atoms with Gasteiger partial charge in [-0.25, -0.2) is 0 Å². The van der Waals surface area contributed by atoms with Gasteiger partial charge in [-0.2, -0.15) is 0 Å². The van der Waals surface area contributed by atoms with E-state index in [0.717, 1.165) is 18.8 Å². The summed E-state index contributed by atoms with van der Waals surface area (Å²) in [5.74, 6) is 0.766. The Morgan fingerprint density at radius 1 is 1.53 bits per heavy atom. The van der Waals surface area contributed by atoms with Gasteiger partial charge in [-0.05, 0) is 18.3 Å². The third-order valence-corrected chi connectivity index (χ3v) is 3.52. The average Bonchev–Trinajstić information content (AvgIpc) is 2.19. The first kappa shape index (κ1) is 12.5. The van der Waals surface area contributed by atoms with Crippen LogP contribution in [0.3, 0.4) is 0 Å². The molecule has 0 saturated heterocycles. The summed E-state index contributed by atoms with van der Waals surface area (Å²) in [7, 11) is 0. The third kappa shape index (κ3) is 3.82. The Labute approximate surface area is 92.4 Å². The molecule has 2 N–H and O–H groups in total. The van der Waals surface area contributed by atoms with Crippen molar-refractivity contribution in [2.75, 3.05) is 6.61 Å². The number of carbonyl (C=O) groups excluding carboxylic acids is 1. The van der Waals surface area contributed by atoms with Crippen LogP contribution < -0.4 is 5.73 Å². The first-order chi connectivity index (χ1) is 7.15. The minimum Gasteiger partial charge on any atom is -0.465 e. The van der Waals surface area contributed by atoms with Gasteiger partial charge in [0.15, 0.2) is 0 Å². The lowest BCUT2D eigenvalue weighted by atomic mass is 9.83. The van der Waals surface area contributed by atoms with Crippen LogP contribution in [0.15, 0.2) is 0 Å². The molecule has 0 aromatic carbocycles. The Hall–Kier alpha value is -0.570. The highest BCUT2D eigenvalue weighted by molar-refractivity contribution is 5.75. The zero-order valence-corrected chi connectivity index (χ0v) is 9.87. The van der Waals surface area contributed by atoms with Gasteiger partial charge in [-0.1, -0.05) is 39.5 Å². The van der Waals surface area contributed by atoms with Crippen molar-refractivity contribution >= 4 is 5.97 Å². The summed E-state index contributed by atoms with van der Waals surface area (Å²) in [6.45, 7) is 4.57. The molecule has 1 saturated carbocycles. The Morgan fingerprint density at radius 3 is 2.67 bits per heavy atom. The van der Waals surface area contributed by atoms with Crippen LogP contribution in [0.4, 0.5) is 0 Å². The van der Waals surface area contributed by atoms with Crippen molar-refractivity contribution in [2.24, 2.45) is 17.6 Å². The maximum Gasteiger partial charge on any atom is 0.323 e. The molecule has 88 valence electrons. The largest absolute Gasteiger partial charge is 0.465 e. The highest BCUT2D eigenvalue weighted by Crippen LogP contribution is 2.29. The van der Waals surface area contributed by atoms with Gasteiger partial charge in [-0.15, -0.1) is 0 Å². The molecule has 0 amide bonds. The van der Waals surface area contributed by atoms with E-state index >= 15 is 0 Å². The second-order valence-corrected chi connectivity index (χ2v) is 4.66. The molecule has 1 aliphatic carbocycles. The quantitative estimate of drug-likeness (QED) is 0.687.